The van der Waals surface area contributed by atoms with E-state index in [0.717, 1.165) is 64.6 Å². The fourth-order valence-electron chi connectivity index (χ4n) is 7.36. The van der Waals surface area contributed by atoms with Crippen molar-refractivity contribution in [3.63, 3.8) is 0 Å². The van der Waals surface area contributed by atoms with Crippen LogP contribution in [0.4, 0.5) is 0 Å². The smallest absolute Gasteiger partial charge is 0.236 e. The second kappa shape index (κ2) is 16.5. The average molecular weight is 780 g/mol. The molecule has 2 saturated heterocycles. The summed E-state index contributed by atoms with van der Waals surface area (Å²) in [6, 6.07) is 15.9. The lowest BCUT2D eigenvalue weighted by Gasteiger charge is -2.19. The van der Waals surface area contributed by atoms with E-state index in [1.54, 1.807) is 14.2 Å². The van der Waals surface area contributed by atoms with Crippen LogP contribution in [0.15, 0.2) is 48.5 Å². The van der Waals surface area contributed by atoms with Gasteiger partial charge in [0.2, 0.25) is 23.6 Å². The Balaban J connectivity index is 1.08. The molecule has 11 nitrogen and oxygen atoms in total. The number of rotatable bonds is 14. The minimum Gasteiger partial charge on any atom is -0.496 e. The zero-order valence-electron chi connectivity index (χ0n) is 29.5. The molecule has 2 aromatic heterocycles. The molecular formula is C39H41Cl3N6O5. The molecule has 2 amide bonds. The van der Waals surface area contributed by atoms with Gasteiger partial charge in [0.25, 0.3) is 0 Å². The lowest BCUT2D eigenvalue weighted by Crippen LogP contribution is -2.35. The predicted molar refractivity (Wildman–Crippen MR) is 205 cm³/mol. The molecule has 0 bridgehead atoms. The summed E-state index contributed by atoms with van der Waals surface area (Å²) in [5, 5.41) is 13.9. The second-order valence-corrected chi connectivity index (χ2v) is 14.6. The van der Waals surface area contributed by atoms with Crippen LogP contribution < -0.4 is 35.5 Å². The normalized spacial score (nSPS) is 19.2. The van der Waals surface area contributed by atoms with E-state index in [4.69, 9.17) is 54.0 Å². The van der Waals surface area contributed by atoms with Gasteiger partial charge in [-0.05, 0) is 48.4 Å². The number of carbonyl (C=O) groups excluding carboxylic acids is 2. The zero-order valence-corrected chi connectivity index (χ0v) is 31.8. The molecule has 7 rings (SSSR count). The maximum Gasteiger partial charge on any atom is 0.236 e. The highest BCUT2D eigenvalue weighted by molar-refractivity contribution is 6.36. The van der Waals surface area contributed by atoms with E-state index in [2.05, 4.69) is 38.4 Å². The van der Waals surface area contributed by atoms with Crippen LogP contribution >= 0.6 is 34.8 Å². The van der Waals surface area contributed by atoms with Gasteiger partial charge in [-0.3, -0.25) is 9.59 Å². The standard InChI is InChI=1S/C39H41Cl3N6O5/c1-51-33-16-31(47-37(42)29(33)20-44-19-23-10-14-35(50)46-23)28-8-4-7-27(36(28)41)24-5-3-6-26-25(24)11-12-32(26)53-39-30(40)15-21(38(48-39)52-2)17-43-18-22-9-13-34(49)45-22/h3-8,15-16,22-23,32,43-44H,9-14,17-20H2,1-2H3,(H,45,49)(H,46,50)/t22-,23-,32-/m0/s1. The fourth-order valence-corrected chi connectivity index (χ4v) is 8.15. The van der Waals surface area contributed by atoms with Crippen molar-refractivity contribution in [3.05, 3.63) is 86.0 Å². The summed E-state index contributed by atoms with van der Waals surface area (Å²) in [6.07, 6.45) is 3.96. The SMILES string of the molecule is COc1cc(-c2cccc(-c3cccc4c3CC[C@@H]4Oc3nc(OC)c(CNC[C@@H]4CCC(=O)N4)cc3Cl)c2Cl)nc(Cl)c1CNC[C@@H]1CCC(=O)N1. The first-order chi connectivity index (χ1) is 25.7. The van der Waals surface area contributed by atoms with Gasteiger partial charge in [-0.1, -0.05) is 71.2 Å². The van der Waals surface area contributed by atoms with E-state index in [-0.39, 0.29) is 30.0 Å². The molecule has 4 aromatic rings. The summed E-state index contributed by atoms with van der Waals surface area (Å²) < 4.78 is 17.8. The Bertz CT molecular complexity index is 2030. The summed E-state index contributed by atoms with van der Waals surface area (Å²) in [5.41, 5.74) is 6.92. The first-order valence-electron chi connectivity index (χ1n) is 17.8. The number of hydrogen-bond acceptors (Lipinski definition) is 9. The molecule has 2 aromatic carbocycles. The number of halogens is 3. The highest BCUT2D eigenvalue weighted by atomic mass is 35.5. The Hall–Kier alpha value is -4.13. The van der Waals surface area contributed by atoms with Gasteiger partial charge in [0.15, 0.2) is 0 Å². The molecule has 3 aliphatic rings. The maximum atomic E-state index is 11.6. The van der Waals surface area contributed by atoms with Crippen LogP contribution in [0.25, 0.3) is 22.4 Å². The van der Waals surface area contributed by atoms with Gasteiger partial charge in [0.05, 0.1) is 24.9 Å². The summed E-state index contributed by atoms with van der Waals surface area (Å²) in [5.74, 6) is 1.49. The Morgan fingerprint density at radius 3 is 2.13 bits per heavy atom. The minimum absolute atomic E-state index is 0.0781. The zero-order chi connectivity index (χ0) is 37.1. The number of ether oxygens (including phenoxy) is 3. The van der Waals surface area contributed by atoms with Gasteiger partial charge >= 0.3 is 0 Å². The number of fused-ring (bicyclic) bond motifs is 1. The monoisotopic (exact) mass is 778 g/mol. The number of methoxy groups -OCH3 is 2. The Kier molecular flexibility index (Phi) is 11.6. The Labute approximate surface area is 323 Å². The van der Waals surface area contributed by atoms with E-state index < -0.39 is 0 Å². The lowest BCUT2D eigenvalue weighted by atomic mass is 9.94. The second-order valence-electron chi connectivity index (χ2n) is 13.5. The van der Waals surface area contributed by atoms with Gasteiger partial charge < -0.3 is 35.5 Å². The van der Waals surface area contributed by atoms with Crippen molar-refractivity contribution in [2.24, 2.45) is 0 Å². The summed E-state index contributed by atoms with van der Waals surface area (Å²) >= 11 is 20.7. The van der Waals surface area contributed by atoms with Gasteiger partial charge in [0.1, 0.15) is 22.0 Å². The van der Waals surface area contributed by atoms with Crippen LogP contribution in [0.3, 0.4) is 0 Å². The number of aromatic nitrogens is 2. The van der Waals surface area contributed by atoms with E-state index in [1.165, 1.54) is 0 Å². The predicted octanol–water partition coefficient (Wildman–Crippen LogP) is 6.59. The molecule has 0 spiro atoms. The van der Waals surface area contributed by atoms with Crippen molar-refractivity contribution in [1.29, 1.82) is 0 Å². The van der Waals surface area contributed by atoms with Gasteiger partial charge in [-0.2, -0.15) is 4.98 Å². The third-order valence-corrected chi connectivity index (χ3v) is 11.0. The summed E-state index contributed by atoms with van der Waals surface area (Å²) in [4.78, 5) is 32.5. The van der Waals surface area contributed by atoms with Crippen LogP contribution in [-0.4, -0.2) is 61.2 Å². The number of pyridine rings is 2. The van der Waals surface area contributed by atoms with Crippen molar-refractivity contribution in [1.82, 2.24) is 31.2 Å². The minimum atomic E-state index is -0.271. The van der Waals surface area contributed by atoms with E-state index in [1.807, 2.05) is 36.4 Å². The van der Waals surface area contributed by atoms with Crippen molar-refractivity contribution in [3.8, 4) is 39.9 Å². The Morgan fingerprint density at radius 1 is 0.774 bits per heavy atom. The van der Waals surface area contributed by atoms with Crippen LogP contribution in [0, 0.1) is 0 Å². The molecular weight excluding hydrogens is 739 g/mol. The number of nitrogens with zero attached hydrogens (tertiary/aromatic N) is 2. The van der Waals surface area contributed by atoms with Gasteiger partial charge in [-0.15, -0.1) is 0 Å². The van der Waals surface area contributed by atoms with Gasteiger partial charge in [0, 0.05) is 79.4 Å². The summed E-state index contributed by atoms with van der Waals surface area (Å²) in [6.45, 7) is 2.19. The van der Waals surface area contributed by atoms with Crippen LogP contribution in [0.1, 0.15) is 60.5 Å². The Morgan fingerprint density at radius 2 is 1.45 bits per heavy atom. The first kappa shape index (κ1) is 37.2. The number of amides is 2. The molecule has 3 atom stereocenters. The molecule has 1 aliphatic carbocycles. The molecule has 0 unspecified atom stereocenters. The third-order valence-electron chi connectivity index (χ3n) is 10.0. The molecule has 4 N–H and O–H groups in total. The molecule has 2 aliphatic heterocycles. The largest absolute Gasteiger partial charge is 0.496 e. The molecule has 53 heavy (non-hydrogen) atoms. The summed E-state index contributed by atoms with van der Waals surface area (Å²) in [7, 11) is 3.17. The topological polar surface area (TPSA) is 136 Å². The number of benzene rings is 2. The van der Waals surface area contributed by atoms with Crippen LogP contribution in [0.2, 0.25) is 15.2 Å². The van der Waals surface area contributed by atoms with Crippen LogP contribution in [0.5, 0.6) is 17.5 Å². The van der Waals surface area contributed by atoms with Crippen LogP contribution in [-0.2, 0) is 29.1 Å². The maximum absolute atomic E-state index is 11.6. The first-order valence-corrected chi connectivity index (χ1v) is 18.9. The molecule has 0 saturated carbocycles. The molecule has 14 heteroatoms. The average Bonchev–Trinajstić information content (AvgIpc) is 3.89. The van der Waals surface area contributed by atoms with Crippen molar-refractivity contribution in [2.45, 2.75) is 69.8 Å². The third kappa shape index (κ3) is 8.19. The van der Waals surface area contributed by atoms with E-state index in [9.17, 15) is 9.59 Å². The number of nitrogens with one attached hydrogen (secondary N) is 4. The van der Waals surface area contributed by atoms with Crippen molar-refractivity contribution in [2.75, 3.05) is 27.3 Å². The number of hydrogen-bond donors (Lipinski definition) is 4. The van der Waals surface area contributed by atoms with Crippen molar-refractivity contribution >= 4 is 46.6 Å². The van der Waals surface area contributed by atoms with Crippen molar-refractivity contribution < 1.29 is 23.8 Å². The fraction of sp³-hybridized carbons (Fsp3) is 0.385. The lowest BCUT2D eigenvalue weighted by molar-refractivity contribution is -0.120. The molecule has 4 heterocycles. The number of carbonyl (C=O) groups is 2. The van der Waals surface area contributed by atoms with E-state index >= 15 is 0 Å². The molecule has 2 fully saturated rings. The quantitative estimate of drug-likeness (QED) is 0.105. The molecule has 0 radical (unpaired) electrons. The van der Waals surface area contributed by atoms with E-state index in [0.29, 0.717) is 77.4 Å². The van der Waals surface area contributed by atoms with Gasteiger partial charge in [-0.25, -0.2) is 4.98 Å². The highest BCUT2D eigenvalue weighted by Gasteiger charge is 2.29. The highest BCUT2D eigenvalue weighted by Crippen LogP contribution is 2.45. The molecule has 278 valence electrons.